The molecule has 162 valence electrons. The van der Waals surface area contributed by atoms with Crippen molar-refractivity contribution >= 4 is 28.2 Å². The molecule has 31 heavy (non-hydrogen) atoms. The summed E-state index contributed by atoms with van der Waals surface area (Å²) in [5.74, 6) is 5.80. The smallest absolute Gasteiger partial charge is 0.0740 e. The maximum atomic E-state index is 6.56. The van der Waals surface area contributed by atoms with Gasteiger partial charge in [-0.1, -0.05) is 50.2 Å². The van der Waals surface area contributed by atoms with Gasteiger partial charge in [0.25, 0.3) is 0 Å². The number of halogens is 1. The molecule has 1 aliphatic rings. The van der Waals surface area contributed by atoms with Gasteiger partial charge in [0.15, 0.2) is 0 Å². The van der Waals surface area contributed by atoms with Crippen LogP contribution >= 0.6 is 11.6 Å². The van der Waals surface area contributed by atoms with Crippen LogP contribution in [0.1, 0.15) is 31.7 Å². The summed E-state index contributed by atoms with van der Waals surface area (Å²) >= 11 is 6.56. The van der Waals surface area contributed by atoms with Gasteiger partial charge in [0.2, 0.25) is 0 Å². The third-order valence-corrected chi connectivity index (χ3v) is 6.34. The SMILES string of the molecule is C=C(CCCC)N1CCN(C(=C)c2ccc3c(Cl)cc(-c4ccn(N)c4)nc3c2)CC1. The summed E-state index contributed by atoms with van der Waals surface area (Å²) in [4.78, 5) is 9.60. The van der Waals surface area contributed by atoms with Gasteiger partial charge in [-0.05, 0) is 36.6 Å². The van der Waals surface area contributed by atoms with E-state index in [9.17, 15) is 0 Å². The highest BCUT2D eigenvalue weighted by molar-refractivity contribution is 6.35. The van der Waals surface area contributed by atoms with E-state index in [1.165, 1.54) is 23.2 Å². The van der Waals surface area contributed by atoms with Crippen LogP contribution in [0.5, 0.6) is 0 Å². The Labute approximate surface area is 189 Å². The van der Waals surface area contributed by atoms with Crippen molar-refractivity contribution < 1.29 is 0 Å². The van der Waals surface area contributed by atoms with Crippen LogP contribution in [0.2, 0.25) is 5.02 Å². The second-order valence-corrected chi connectivity index (χ2v) is 8.57. The molecule has 2 N–H and O–H groups in total. The van der Waals surface area contributed by atoms with Crippen LogP contribution in [0.4, 0.5) is 0 Å². The number of rotatable bonds is 7. The normalized spacial score (nSPS) is 14.3. The highest BCUT2D eigenvalue weighted by Crippen LogP contribution is 2.31. The Morgan fingerprint density at radius 1 is 1.10 bits per heavy atom. The topological polar surface area (TPSA) is 50.3 Å². The predicted octanol–water partition coefficient (Wildman–Crippen LogP) is 5.36. The Hall–Kier alpha value is -2.92. The molecule has 0 amide bonds. The molecule has 0 bridgehead atoms. The zero-order valence-corrected chi connectivity index (χ0v) is 18.9. The van der Waals surface area contributed by atoms with E-state index in [0.29, 0.717) is 5.02 Å². The number of nitrogens with zero attached hydrogens (tertiary/aromatic N) is 4. The minimum atomic E-state index is 0.682. The van der Waals surface area contributed by atoms with Crippen LogP contribution in [-0.4, -0.2) is 45.6 Å². The summed E-state index contributed by atoms with van der Waals surface area (Å²) in [5.41, 5.74) is 5.96. The molecule has 1 aliphatic heterocycles. The molecule has 6 heteroatoms. The average Bonchev–Trinajstić information content (AvgIpc) is 3.23. The van der Waals surface area contributed by atoms with Crippen molar-refractivity contribution in [1.29, 1.82) is 0 Å². The molecule has 0 atom stereocenters. The minimum absolute atomic E-state index is 0.682. The Morgan fingerprint density at radius 3 is 2.52 bits per heavy atom. The summed E-state index contributed by atoms with van der Waals surface area (Å²) in [6.45, 7) is 14.7. The monoisotopic (exact) mass is 435 g/mol. The highest BCUT2D eigenvalue weighted by atomic mass is 35.5. The Kier molecular flexibility index (Phi) is 6.23. The van der Waals surface area contributed by atoms with Gasteiger partial charge in [-0.25, -0.2) is 4.98 Å². The summed E-state index contributed by atoms with van der Waals surface area (Å²) in [7, 11) is 0. The maximum absolute atomic E-state index is 6.56. The van der Waals surface area contributed by atoms with Crippen molar-refractivity contribution in [1.82, 2.24) is 19.5 Å². The number of unbranched alkanes of at least 4 members (excludes halogenated alkanes) is 1. The van der Waals surface area contributed by atoms with E-state index >= 15 is 0 Å². The number of benzene rings is 1. The Bertz CT molecular complexity index is 1110. The van der Waals surface area contributed by atoms with E-state index in [1.807, 2.05) is 24.4 Å². The standard InChI is InChI=1S/C25H30ClN5/c1-4-5-6-18(2)29-11-13-30(14-12-29)19(3)20-7-8-22-23(26)16-24(28-25(22)15-20)21-9-10-31(27)17-21/h7-10,15-17H,2-6,11-14,27H2,1H3. The first kappa shape index (κ1) is 21.3. The molecule has 0 saturated carbocycles. The molecule has 1 aromatic carbocycles. The van der Waals surface area contributed by atoms with Crippen molar-refractivity contribution in [2.45, 2.75) is 26.2 Å². The van der Waals surface area contributed by atoms with Gasteiger partial charge in [0.05, 0.1) is 16.2 Å². The van der Waals surface area contributed by atoms with E-state index in [4.69, 9.17) is 22.4 Å². The van der Waals surface area contributed by atoms with Crippen LogP contribution < -0.4 is 5.84 Å². The lowest BCUT2D eigenvalue weighted by Gasteiger charge is -2.39. The number of nitrogens with two attached hydrogens (primary N) is 1. The quantitative estimate of drug-likeness (QED) is 0.507. The third kappa shape index (κ3) is 4.57. The summed E-state index contributed by atoms with van der Waals surface area (Å²) in [5, 5.41) is 1.62. The zero-order chi connectivity index (χ0) is 22.0. The van der Waals surface area contributed by atoms with Crippen LogP contribution in [0.25, 0.3) is 27.9 Å². The Morgan fingerprint density at radius 2 is 1.84 bits per heavy atom. The number of fused-ring (bicyclic) bond motifs is 1. The van der Waals surface area contributed by atoms with E-state index in [0.717, 1.165) is 66.0 Å². The molecule has 1 fully saturated rings. The van der Waals surface area contributed by atoms with Crippen molar-refractivity contribution in [2.24, 2.45) is 0 Å². The lowest BCUT2D eigenvalue weighted by atomic mass is 10.1. The molecule has 0 spiro atoms. The summed E-state index contributed by atoms with van der Waals surface area (Å²) in [6.07, 6.45) is 7.13. The number of aromatic nitrogens is 2. The molecule has 4 rings (SSSR count). The lowest BCUT2D eigenvalue weighted by molar-refractivity contribution is 0.209. The highest BCUT2D eigenvalue weighted by Gasteiger charge is 2.20. The fourth-order valence-electron chi connectivity index (χ4n) is 4.09. The van der Waals surface area contributed by atoms with Crippen LogP contribution in [0.15, 0.2) is 61.6 Å². The first-order valence-corrected chi connectivity index (χ1v) is 11.2. The molecule has 5 nitrogen and oxygen atoms in total. The predicted molar refractivity (Wildman–Crippen MR) is 131 cm³/mol. The Balaban J connectivity index is 1.52. The lowest BCUT2D eigenvalue weighted by Crippen LogP contribution is -2.44. The number of allylic oxidation sites excluding steroid dienone is 1. The average molecular weight is 436 g/mol. The van der Waals surface area contributed by atoms with E-state index < -0.39 is 0 Å². The first-order chi connectivity index (χ1) is 15.0. The molecule has 3 heterocycles. The maximum Gasteiger partial charge on any atom is 0.0740 e. The van der Waals surface area contributed by atoms with Crippen LogP contribution in [0.3, 0.4) is 0 Å². The van der Waals surface area contributed by atoms with Gasteiger partial charge >= 0.3 is 0 Å². The largest absolute Gasteiger partial charge is 0.372 e. The van der Waals surface area contributed by atoms with Gasteiger partial charge in [-0.3, -0.25) is 4.68 Å². The van der Waals surface area contributed by atoms with Crippen molar-refractivity contribution in [3.8, 4) is 11.3 Å². The summed E-state index contributed by atoms with van der Waals surface area (Å²) < 4.78 is 1.52. The summed E-state index contributed by atoms with van der Waals surface area (Å²) in [6, 6.07) is 10.0. The first-order valence-electron chi connectivity index (χ1n) is 10.9. The van der Waals surface area contributed by atoms with Gasteiger partial charge in [0.1, 0.15) is 0 Å². The fraction of sp³-hybridized carbons (Fsp3) is 0.320. The van der Waals surface area contributed by atoms with E-state index in [2.05, 4.69) is 42.0 Å². The van der Waals surface area contributed by atoms with E-state index in [1.54, 1.807) is 6.20 Å². The molecule has 0 radical (unpaired) electrons. The minimum Gasteiger partial charge on any atom is -0.372 e. The zero-order valence-electron chi connectivity index (χ0n) is 18.1. The van der Waals surface area contributed by atoms with Crippen LogP contribution in [0, 0.1) is 0 Å². The van der Waals surface area contributed by atoms with Crippen LogP contribution in [-0.2, 0) is 0 Å². The van der Waals surface area contributed by atoms with E-state index in [-0.39, 0.29) is 0 Å². The second kappa shape index (κ2) is 9.06. The second-order valence-electron chi connectivity index (χ2n) is 8.16. The number of pyridine rings is 1. The number of hydrogen-bond acceptors (Lipinski definition) is 4. The van der Waals surface area contributed by atoms with Crippen molar-refractivity contribution in [3.63, 3.8) is 0 Å². The van der Waals surface area contributed by atoms with Gasteiger partial charge in [-0.15, -0.1) is 0 Å². The molecule has 1 saturated heterocycles. The third-order valence-electron chi connectivity index (χ3n) is 6.03. The molecule has 2 aromatic heterocycles. The van der Waals surface area contributed by atoms with Crippen molar-refractivity contribution in [3.05, 3.63) is 72.2 Å². The fourth-order valence-corrected chi connectivity index (χ4v) is 4.36. The van der Waals surface area contributed by atoms with Crippen molar-refractivity contribution in [2.75, 3.05) is 32.0 Å². The molecular formula is C25H30ClN5. The molecule has 3 aromatic rings. The van der Waals surface area contributed by atoms with Gasteiger partial charge < -0.3 is 15.6 Å². The molecule has 0 unspecified atom stereocenters. The molecular weight excluding hydrogens is 406 g/mol. The molecule has 0 aliphatic carbocycles. The number of nitrogen functional groups attached to an aromatic ring is 1. The van der Waals surface area contributed by atoms with Gasteiger partial charge in [-0.2, -0.15) is 0 Å². The number of hydrogen-bond donors (Lipinski definition) is 1. The number of piperazine rings is 1. The van der Waals surface area contributed by atoms with Gasteiger partial charge in [0, 0.05) is 60.9 Å².